The lowest BCUT2D eigenvalue weighted by atomic mass is 10.1. The van der Waals surface area contributed by atoms with E-state index in [1.54, 1.807) is 17.6 Å². The Labute approximate surface area is 199 Å². The molecule has 8 heteroatoms. The lowest BCUT2D eigenvalue weighted by molar-refractivity contribution is 0.0994. The lowest BCUT2D eigenvalue weighted by Gasteiger charge is -2.14. The van der Waals surface area contributed by atoms with Crippen LogP contribution >= 0.6 is 11.8 Å². The minimum atomic E-state index is -0.502. The molecule has 0 amide bonds. The van der Waals surface area contributed by atoms with Crippen molar-refractivity contribution < 1.29 is 9.18 Å². The fourth-order valence-electron chi connectivity index (χ4n) is 3.99. The summed E-state index contributed by atoms with van der Waals surface area (Å²) in [5.41, 5.74) is 3.59. The standard InChI is InChI=1S/C26H21FN4O2S/c1-15-8-9-16(2)22(14-15)30-24(33)20-6-4-5-7-21(20)31-25(30)28-29-26(31)34-17(3)23(32)18-10-12-19(27)13-11-18/h4-14,17H,1-3H3. The molecule has 0 aliphatic rings. The van der Waals surface area contributed by atoms with E-state index in [0.717, 1.165) is 16.8 Å². The molecule has 1 unspecified atom stereocenters. The number of thioether (sulfide) groups is 1. The van der Waals surface area contributed by atoms with Crippen LogP contribution in [0.4, 0.5) is 4.39 Å². The third-order valence-electron chi connectivity index (χ3n) is 5.78. The molecule has 0 N–H and O–H groups in total. The van der Waals surface area contributed by atoms with Gasteiger partial charge in [-0.2, -0.15) is 0 Å². The summed E-state index contributed by atoms with van der Waals surface area (Å²) in [6, 6.07) is 18.7. The highest BCUT2D eigenvalue weighted by Gasteiger charge is 2.23. The largest absolute Gasteiger partial charge is 0.293 e. The first-order valence-electron chi connectivity index (χ1n) is 10.8. The molecule has 0 saturated carbocycles. The fraction of sp³-hybridized carbons (Fsp3) is 0.154. The van der Waals surface area contributed by atoms with Crippen LogP contribution in [0.3, 0.4) is 0 Å². The number of halogens is 1. The Morgan fingerprint density at radius 3 is 2.50 bits per heavy atom. The van der Waals surface area contributed by atoms with E-state index in [0.29, 0.717) is 27.4 Å². The third-order valence-corrected chi connectivity index (χ3v) is 6.82. The molecule has 0 fully saturated rings. The van der Waals surface area contributed by atoms with E-state index in [-0.39, 0.29) is 11.3 Å². The summed E-state index contributed by atoms with van der Waals surface area (Å²) in [5, 5.41) is 9.24. The third kappa shape index (κ3) is 3.70. The van der Waals surface area contributed by atoms with Crippen LogP contribution in [0.5, 0.6) is 0 Å². The van der Waals surface area contributed by atoms with Crippen molar-refractivity contribution in [2.75, 3.05) is 0 Å². The van der Waals surface area contributed by atoms with Crippen molar-refractivity contribution >= 4 is 34.2 Å². The molecular weight excluding hydrogens is 451 g/mol. The minimum Gasteiger partial charge on any atom is -0.293 e. The van der Waals surface area contributed by atoms with Gasteiger partial charge in [-0.15, -0.1) is 10.2 Å². The van der Waals surface area contributed by atoms with Gasteiger partial charge in [0, 0.05) is 5.56 Å². The van der Waals surface area contributed by atoms with Crippen molar-refractivity contribution in [3.8, 4) is 5.69 Å². The van der Waals surface area contributed by atoms with Crippen LogP contribution in [-0.4, -0.2) is 30.2 Å². The Morgan fingerprint density at radius 1 is 1.00 bits per heavy atom. The van der Waals surface area contributed by atoms with Crippen molar-refractivity contribution in [1.82, 2.24) is 19.2 Å². The van der Waals surface area contributed by atoms with Gasteiger partial charge in [0.1, 0.15) is 5.82 Å². The van der Waals surface area contributed by atoms with Crippen LogP contribution in [0.25, 0.3) is 22.4 Å². The summed E-state index contributed by atoms with van der Waals surface area (Å²) in [7, 11) is 0. The highest BCUT2D eigenvalue weighted by atomic mass is 32.2. The van der Waals surface area contributed by atoms with Gasteiger partial charge in [-0.25, -0.2) is 8.96 Å². The average molecular weight is 473 g/mol. The van der Waals surface area contributed by atoms with E-state index in [1.807, 2.05) is 54.6 Å². The van der Waals surface area contributed by atoms with Gasteiger partial charge in [0.2, 0.25) is 5.78 Å². The molecule has 5 aromatic rings. The molecule has 0 radical (unpaired) electrons. The quantitative estimate of drug-likeness (QED) is 0.261. The van der Waals surface area contributed by atoms with Crippen molar-refractivity contribution in [2.24, 2.45) is 0 Å². The topological polar surface area (TPSA) is 69.3 Å². The van der Waals surface area contributed by atoms with Gasteiger partial charge in [-0.3, -0.25) is 14.0 Å². The van der Waals surface area contributed by atoms with Crippen LogP contribution < -0.4 is 5.56 Å². The molecule has 3 aromatic carbocycles. The number of para-hydroxylation sites is 1. The van der Waals surface area contributed by atoms with E-state index < -0.39 is 11.1 Å². The van der Waals surface area contributed by atoms with Gasteiger partial charge in [0.15, 0.2) is 10.9 Å². The minimum absolute atomic E-state index is 0.145. The predicted octanol–water partition coefficient (Wildman–Crippen LogP) is 5.15. The van der Waals surface area contributed by atoms with Crippen LogP contribution in [0.15, 0.2) is 76.7 Å². The van der Waals surface area contributed by atoms with Crippen molar-refractivity contribution in [3.63, 3.8) is 0 Å². The molecular formula is C26H21FN4O2S. The first kappa shape index (κ1) is 22.0. The van der Waals surface area contributed by atoms with E-state index in [2.05, 4.69) is 10.2 Å². The number of aryl methyl sites for hydroxylation is 2. The number of aromatic nitrogens is 4. The summed E-state index contributed by atoms with van der Waals surface area (Å²) in [4.78, 5) is 26.5. The van der Waals surface area contributed by atoms with E-state index >= 15 is 0 Å². The first-order chi connectivity index (χ1) is 16.3. The van der Waals surface area contributed by atoms with E-state index in [9.17, 15) is 14.0 Å². The highest BCUT2D eigenvalue weighted by Crippen LogP contribution is 2.28. The zero-order chi connectivity index (χ0) is 24.0. The van der Waals surface area contributed by atoms with Crippen LogP contribution in [0, 0.1) is 19.7 Å². The Balaban J connectivity index is 1.69. The summed E-state index contributed by atoms with van der Waals surface area (Å²) in [5.74, 6) is -0.161. The summed E-state index contributed by atoms with van der Waals surface area (Å²) in [6.07, 6.45) is 0. The molecule has 2 heterocycles. The van der Waals surface area contributed by atoms with Gasteiger partial charge >= 0.3 is 0 Å². The van der Waals surface area contributed by atoms with Crippen molar-refractivity contribution in [2.45, 2.75) is 31.2 Å². The number of fused-ring (bicyclic) bond motifs is 3. The summed E-state index contributed by atoms with van der Waals surface area (Å²) >= 11 is 1.25. The Hall–Kier alpha value is -3.78. The SMILES string of the molecule is Cc1ccc(C)c(-n2c(=O)c3ccccc3n3c(SC(C)C(=O)c4ccc(F)cc4)nnc23)c1. The molecule has 0 saturated heterocycles. The van der Waals surface area contributed by atoms with Crippen LogP contribution in [-0.2, 0) is 0 Å². The second-order valence-electron chi connectivity index (χ2n) is 8.20. The van der Waals surface area contributed by atoms with Crippen molar-refractivity contribution in [3.05, 3.63) is 99.6 Å². The Bertz CT molecular complexity index is 1620. The smallest absolute Gasteiger partial charge is 0.267 e. The van der Waals surface area contributed by atoms with Crippen molar-refractivity contribution in [1.29, 1.82) is 0 Å². The summed E-state index contributed by atoms with van der Waals surface area (Å²) in [6.45, 7) is 5.70. The second kappa shape index (κ2) is 8.53. The molecule has 0 aliphatic heterocycles. The number of benzene rings is 3. The molecule has 34 heavy (non-hydrogen) atoms. The Morgan fingerprint density at radius 2 is 1.74 bits per heavy atom. The number of carbonyl (C=O) groups is 1. The van der Waals surface area contributed by atoms with Crippen LogP contribution in [0.1, 0.15) is 28.4 Å². The fourth-order valence-corrected chi connectivity index (χ4v) is 4.93. The molecule has 0 aliphatic carbocycles. The molecule has 0 bridgehead atoms. The number of hydrogen-bond acceptors (Lipinski definition) is 5. The number of ketones is 1. The molecule has 6 nitrogen and oxygen atoms in total. The molecule has 0 spiro atoms. The molecule has 5 rings (SSSR count). The number of nitrogens with zero attached hydrogens (tertiary/aromatic N) is 4. The zero-order valence-electron chi connectivity index (χ0n) is 18.8. The Kier molecular flexibility index (Phi) is 5.53. The maximum Gasteiger partial charge on any atom is 0.267 e. The zero-order valence-corrected chi connectivity index (χ0v) is 19.6. The second-order valence-corrected chi connectivity index (χ2v) is 9.50. The van der Waals surface area contributed by atoms with Gasteiger partial charge in [-0.1, -0.05) is 36.0 Å². The molecule has 2 aromatic heterocycles. The summed E-state index contributed by atoms with van der Waals surface area (Å²) < 4.78 is 16.7. The van der Waals surface area contributed by atoms with Gasteiger partial charge < -0.3 is 0 Å². The normalized spacial score (nSPS) is 12.4. The van der Waals surface area contributed by atoms with Gasteiger partial charge in [0.05, 0.1) is 21.8 Å². The molecule has 1 atom stereocenters. The number of carbonyl (C=O) groups excluding carboxylic acids is 1. The average Bonchev–Trinajstić information content (AvgIpc) is 3.24. The highest BCUT2D eigenvalue weighted by molar-refractivity contribution is 8.00. The van der Waals surface area contributed by atoms with Gasteiger partial charge in [-0.05, 0) is 74.4 Å². The van der Waals surface area contributed by atoms with Gasteiger partial charge in [0.25, 0.3) is 5.56 Å². The number of rotatable bonds is 5. The maximum absolute atomic E-state index is 13.5. The number of Topliss-reactive ketones (excluding diaryl/α,β-unsaturated/α-hetero) is 1. The van der Waals surface area contributed by atoms with Crippen LogP contribution in [0.2, 0.25) is 0 Å². The molecule has 170 valence electrons. The van der Waals surface area contributed by atoms with E-state index in [1.165, 1.54) is 36.0 Å². The maximum atomic E-state index is 13.5. The number of hydrogen-bond donors (Lipinski definition) is 0. The predicted molar refractivity (Wildman–Crippen MR) is 132 cm³/mol. The monoisotopic (exact) mass is 472 g/mol. The lowest BCUT2D eigenvalue weighted by Crippen LogP contribution is -2.23. The van der Waals surface area contributed by atoms with E-state index in [4.69, 9.17) is 0 Å². The first-order valence-corrected chi connectivity index (χ1v) is 11.7.